The molecule has 0 aliphatic heterocycles. The van der Waals surface area contributed by atoms with E-state index in [1.54, 1.807) is 0 Å². The van der Waals surface area contributed by atoms with Crippen molar-refractivity contribution in [1.29, 1.82) is 0 Å². The van der Waals surface area contributed by atoms with Crippen LogP contribution in [0.3, 0.4) is 0 Å². The maximum atomic E-state index is 9.87. The van der Waals surface area contributed by atoms with Gasteiger partial charge in [0.15, 0.2) is 0 Å². The summed E-state index contributed by atoms with van der Waals surface area (Å²) in [6.07, 6.45) is 7.50. The fourth-order valence-electron chi connectivity index (χ4n) is 1.72. The summed E-state index contributed by atoms with van der Waals surface area (Å²) in [7, 11) is -10.7. The molecule has 2 rings (SSSR count). The van der Waals surface area contributed by atoms with E-state index in [2.05, 4.69) is 38.1 Å². The first-order chi connectivity index (χ1) is 9.25. The van der Waals surface area contributed by atoms with Crippen molar-refractivity contribution in [3.63, 3.8) is 0 Å². The van der Waals surface area contributed by atoms with Crippen molar-refractivity contribution < 1.29 is 42.3 Å². The van der Waals surface area contributed by atoms with E-state index in [0.717, 1.165) is 0 Å². The molecule has 1 saturated carbocycles. The molecule has 1 fully saturated rings. The normalized spacial score (nSPS) is 15.5. The number of rotatable bonds is 1. The van der Waals surface area contributed by atoms with Gasteiger partial charge >= 0.3 is 50.1 Å². The minimum atomic E-state index is -10.7. The molecule has 0 heterocycles. The summed E-state index contributed by atoms with van der Waals surface area (Å²) >= 11 is 0. The van der Waals surface area contributed by atoms with Crippen LogP contribution in [0.4, 0.5) is 25.2 Å². The van der Waals surface area contributed by atoms with Crippen LogP contribution in [0.25, 0.3) is 0 Å². The molecule has 0 spiro atoms. The van der Waals surface area contributed by atoms with Crippen molar-refractivity contribution in [2.75, 3.05) is 0 Å². The van der Waals surface area contributed by atoms with E-state index in [0.29, 0.717) is 5.92 Å². The molecule has 0 aromatic heterocycles. The van der Waals surface area contributed by atoms with Crippen molar-refractivity contribution in [1.82, 2.24) is 0 Å². The summed E-state index contributed by atoms with van der Waals surface area (Å²) in [6, 6.07) is 10.5. The van der Waals surface area contributed by atoms with Gasteiger partial charge in [-0.1, -0.05) is 76.3 Å². The average molecular weight is 421 g/mol. The Kier molecular flexibility index (Phi) is 14.9. The Morgan fingerprint density at radius 3 is 1.12 bits per heavy atom. The van der Waals surface area contributed by atoms with Crippen molar-refractivity contribution in [3.8, 4) is 0 Å². The van der Waals surface area contributed by atoms with Crippen LogP contribution in [-0.2, 0) is 17.1 Å². The predicted octanol–water partition coefficient (Wildman–Crippen LogP) is 9.04. The zero-order valence-electron chi connectivity index (χ0n) is 14.6. The second-order valence-electron chi connectivity index (χ2n) is 5.29. The van der Waals surface area contributed by atoms with Gasteiger partial charge in [-0.3, -0.25) is 0 Å². The topological polar surface area (TPSA) is 0 Å². The van der Waals surface area contributed by atoms with Crippen LogP contribution < -0.4 is 0 Å². The van der Waals surface area contributed by atoms with E-state index in [1.807, 2.05) is 6.07 Å². The van der Waals surface area contributed by atoms with E-state index >= 15 is 0 Å². The van der Waals surface area contributed by atoms with Crippen molar-refractivity contribution in [2.45, 2.75) is 51.9 Å². The van der Waals surface area contributed by atoms with Crippen molar-refractivity contribution >= 4 is 7.81 Å². The molecular weight excluding hydrogens is 393 g/mol. The minimum absolute atomic E-state index is 0. The molecule has 24 heavy (non-hydrogen) atoms. The van der Waals surface area contributed by atoms with Gasteiger partial charge in [0.2, 0.25) is 0 Å². The van der Waals surface area contributed by atoms with E-state index in [9.17, 15) is 25.2 Å². The second-order valence-corrected chi connectivity index (χ2v) is 7.21. The zero-order valence-corrected chi connectivity index (χ0v) is 16.6. The average Bonchev–Trinajstić information content (AvgIpc) is 2.84. The molecule has 0 atom stereocenters. The Labute approximate surface area is 153 Å². The molecule has 8 heteroatoms. The van der Waals surface area contributed by atoms with Crippen LogP contribution in [-0.4, -0.2) is 0 Å². The van der Waals surface area contributed by atoms with Gasteiger partial charge in [0.25, 0.3) is 0 Å². The van der Waals surface area contributed by atoms with Crippen LogP contribution >= 0.6 is 7.81 Å². The number of halogens is 6. The summed E-state index contributed by atoms with van der Waals surface area (Å²) in [6.45, 7) is 4.41. The van der Waals surface area contributed by atoms with Gasteiger partial charge in [-0.2, -0.15) is 0 Å². The quantitative estimate of drug-likeness (QED) is 0.184. The second kappa shape index (κ2) is 11.4. The molecule has 1 aliphatic rings. The SMILES string of the molecule is C1CCCC1.CC(C)c1ccccc1.F[P-](F)(F)(F)(F)F.[CH3-].[CH3-].[Fe+3]. The van der Waals surface area contributed by atoms with Crippen molar-refractivity contribution in [3.05, 3.63) is 50.7 Å². The van der Waals surface area contributed by atoms with Gasteiger partial charge in [0, 0.05) is 0 Å². The van der Waals surface area contributed by atoms with Crippen LogP contribution in [0.5, 0.6) is 0 Å². The Balaban J connectivity index is -0.000000122. The molecule has 0 N–H and O–H groups in total. The standard InChI is InChI=1S/C9H12.C5H10.2CH3.F6P.Fe/c1-8(2)9-6-4-3-5-7-9;1-2-4-5-3-1;;;1-7(2,3,4,5)6;/h3-8H,1-2H3;1-5H2;2*1H3;;/q;;3*-1;+3. The summed E-state index contributed by atoms with van der Waals surface area (Å²) in [5.41, 5.74) is 1.41. The zero-order chi connectivity index (χ0) is 16.6. The molecule has 0 unspecified atom stereocenters. The maximum absolute atomic E-state index is 10.7. The first-order valence-corrected chi connectivity index (χ1v) is 8.90. The molecule has 1 radical (unpaired) electrons. The van der Waals surface area contributed by atoms with E-state index in [1.165, 1.54) is 37.7 Å². The smallest absolute Gasteiger partial charge is 0.358 e. The largest absolute Gasteiger partial charge is 3.00 e. The third-order valence-corrected chi connectivity index (χ3v) is 2.72. The molecule has 147 valence electrons. The van der Waals surface area contributed by atoms with Gasteiger partial charge in [-0.25, -0.2) is 0 Å². The van der Waals surface area contributed by atoms with Gasteiger partial charge in [0.05, 0.1) is 0 Å². The Hall–Kier alpha value is -0.251. The fraction of sp³-hybridized carbons (Fsp3) is 0.500. The summed E-state index contributed by atoms with van der Waals surface area (Å²) < 4.78 is 59.2. The van der Waals surface area contributed by atoms with Crippen LogP contribution in [0.1, 0.15) is 57.4 Å². The van der Waals surface area contributed by atoms with Gasteiger partial charge in [0.1, 0.15) is 0 Å². The van der Waals surface area contributed by atoms with E-state index in [4.69, 9.17) is 0 Å². The summed E-state index contributed by atoms with van der Waals surface area (Å²) in [4.78, 5) is 0. The molecule has 1 aromatic carbocycles. The molecule has 0 saturated heterocycles. The van der Waals surface area contributed by atoms with Crippen LogP contribution in [0.2, 0.25) is 0 Å². The first kappa shape index (κ1) is 31.5. The minimum Gasteiger partial charge on any atom is -0.358 e. The molecular formula is C16H28F6FeP. The van der Waals surface area contributed by atoms with Gasteiger partial charge < -0.3 is 14.9 Å². The van der Waals surface area contributed by atoms with Crippen molar-refractivity contribution in [2.24, 2.45) is 0 Å². The Morgan fingerprint density at radius 1 is 0.708 bits per heavy atom. The Bertz CT molecular complexity index is 379. The molecule has 0 amide bonds. The first-order valence-electron chi connectivity index (χ1n) is 6.87. The maximum Gasteiger partial charge on any atom is 3.00 e. The summed E-state index contributed by atoms with van der Waals surface area (Å²) in [5.74, 6) is 0.659. The van der Waals surface area contributed by atoms with Gasteiger partial charge in [-0.05, 0) is 11.5 Å². The Morgan fingerprint density at radius 2 is 0.958 bits per heavy atom. The number of hydrogen-bond donors (Lipinski definition) is 0. The third kappa shape index (κ3) is 33.4. The number of hydrogen-bond acceptors (Lipinski definition) is 0. The molecule has 1 aliphatic carbocycles. The molecule has 1 aromatic rings. The summed E-state index contributed by atoms with van der Waals surface area (Å²) in [5, 5.41) is 0. The third-order valence-electron chi connectivity index (χ3n) is 2.72. The van der Waals surface area contributed by atoms with E-state index < -0.39 is 7.81 Å². The fourth-order valence-corrected chi connectivity index (χ4v) is 1.72. The van der Waals surface area contributed by atoms with Crippen LogP contribution in [0.15, 0.2) is 30.3 Å². The van der Waals surface area contributed by atoms with Crippen LogP contribution in [0, 0.1) is 14.9 Å². The number of benzene rings is 1. The molecule has 0 bridgehead atoms. The monoisotopic (exact) mass is 421 g/mol. The van der Waals surface area contributed by atoms with Gasteiger partial charge in [-0.15, -0.1) is 0 Å². The van der Waals surface area contributed by atoms with E-state index in [-0.39, 0.29) is 31.9 Å². The predicted molar refractivity (Wildman–Crippen MR) is 90.0 cm³/mol. The molecule has 0 nitrogen and oxygen atoms in total.